The van der Waals surface area contributed by atoms with E-state index in [0.717, 1.165) is 17.8 Å². The zero-order chi connectivity index (χ0) is 18.3. The van der Waals surface area contributed by atoms with Gasteiger partial charge in [0, 0.05) is 29.3 Å². The summed E-state index contributed by atoms with van der Waals surface area (Å²) >= 11 is 1.78. The molecule has 134 valence electrons. The minimum absolute atomic E-state index is 0.164. The molecule has 1 amide bonds. The van der Waals surface area contributed by atoms with Gasteiger partial charge in [0.2, 0.25) is 10.0 Å². The van der Waals surface area contributed by atoms with Crippen LogP contribution in [0.15, 0.2) is 48.5 Å². The Morgan fingerprint density at radius 3 is 2.40 bits per heavy atom. The van der Waals surface area contributed by atoms with E-state index in [1.165, 1.54) is 11.1 Å². The van der Waals surface area contributed by atoms with Crippen molar-refractivity contribution in [1.29, 1.82) is 0 Å². The van der Waals surface area contributed by atoms with Gasteiger partial charge in [-0.2, -0.15) is 11.8 Å². The molecule has 2 N–H and O–H groups in total. The van der Waals surface area contributed by atoms with E-state index in [0.29, 0.717) is 17.8 Å². The number of hydrogen-bond acceptors (Lipinski definition) is 4. The Morgan fingerprint density at radius 2 is 1.76 bits per heavy atom. The van der Waals surface area contributed by atoms with Gasteiger partial charge in [-0.15, -0.1) is 0 Å². The predicted molar refractivity (Wildman–Crippen MR) is 105 cm³/mol. The number of anilines is 1. The topological polar surface area (TPSA) is 75.3 Å². The maximum absolute atomic E-state index is 12.1. The summed E-state index contributed by atoms with van der Waals surface area (Å²) in [7, 11) is -3.31. The normalized spacial score (nSPS) is 11.1. The third kappa shape index (κ3) is 6.80. The molecular formula is C18H22N2O3S2. The standard InChI is InChI=1S/C18H22N2O3S2/c1-14-5-3-4-6-16(14)13-24-12-11-19-18(21)15-7-9-17(10-8-15)20-25(2,22)23/h3-10,20H,11-13H2,1-2H3,(H,19,21). The van der Waals surface area contributed by atoms with Gasteiger partial charge >= 0.3 is 0 Å². The van der Waals surface area contributed by atoms with E-state index in [9.17, 15) is 13.2 Å². The highest BCUT2D eigenvalue weighted by molar-refractivity contribution is 7.98. The van der Waals surface area contributed by atoms with Crippen LogP contribution in [0, 0.1) is 6.92 Å². The lowest BCUT2D eigenvalue weighted by molar-refractivity contribution is 0.0956. The Labute approximate surface area is 153 Å². The van der Waals surface area contributed by atoms with Gasteiger partial charge in [-0.3, -0.25) is 9.52 Å². The van der Waals surface area contributed by atoms with Gasteiger partial charge in [-0.25, -0.2) is 8.42 Å². The minimum Gasteiger partial charge on any atom is -0.351 e. The summed E-state index contributed by atoms with van der Waals surface area (Å²) in [6, 6.07) is 14.6. The Hall–Kier alpha value is -1.99. The van der Waals surface area contributed by atoms with Gasteiger partial charge in [0.15, 0.2) is 0 Å². The molecule has 0 aliphatic rings. The molecule has 0 saturated heterocycles. The number of sulfonamides is 1. The first kappa shape index (κ1) is 19.3. The Bertz CT molecular complexity index is 818. The maximum atomic E-state index is 12.1. The lowest BCUT2D eigenvalue weighted by Gasteiger charge is -2.08. The van der Waals surface area contributed by atoms with Crippen LogP contribution in [0.2, 0.25) is 0 Å². The third-order valence-electron chi connectivity index (χ3n) is 3.50. The molecular weight excluding hydrogens is 356 g/mol. The monoisotopic (exact) mass is 378 g/mol. The van der Waals surface area contributed by atoms with E-state index >= 15 is 0 Å². The summed E-state index contributed by atoms with van der Waals surface area (Å²) in [5.74, 6) is 1.59. The van der Waals surface area contributed by atoms with Crippen molar-refractivity contribution in [2.45, 2.75) is 12.7 Å². The summed E-state index contributed by atoms with van der Waals surface area (Å²) in [5.41, 5.74) is 3.53. The molecule has 0 saturated carbocycles. The molecule has 5 nitrogen and oxygen atoms in total. The maximum Gasteiger partial charge on any atom is 0.251 e. The molecule has 0 heterocycles. The van der Waals surface area contributed by atoms with E-state index in [1.807, 2.05) is 12.1 Å². The first-order chi connectivity index (χ1) is 11.8. The number of aryl methyl sites for hydroxylation is 1. The van der Waals surface area contributed by atoms with E-state index in [2.05, 4.69) is 29.1 Å². The number of hydrogen-bond donors (Lipinski definition) is 2. The average Bonchev–Trinajstić information content (AvgIpc) is 2.55. The third-order valence-corrected chi connectivity index (χ3v) is 5.12. The largest absolute Gasteiger partial charge is 0.351 e. The lowest BCUT2D eigenvalue weighted by Crippen LogP contribution is -2.25. The molecule has 0 bridgehead atoms. The Kier molecular flexibility index (Phi) is 6.90. The fourth-order valence-electron chi connectivity index (χ4n) is 2.20. The van der Waals surface area contributed by atoms with Crippen LogP contribution in [0.3, 0.4) is 0 Å². The first-order valence-corrected chi connectivity index (χ1v) is 10.9. The SMILES string of the molecule is Cc1ccccc1CSCCNC(=O)c1ccc(NS(C)(=O)=O)cc1. The molecule has 0 aliphatic carbocycles. The van der Waals surface area contributed by atoms with Crippen molar-refractivity contribution in [3.63, 3.8) is 0 Å². The smallest absolute Gasteiger partial charge is 0.251 e. The molecule has 0 atom stereocenters. The first-order valence-electron chi connectivity index (χ1n) is 7.83. The van der Waals surface area contributed by atoms with Gasteiger partial charge in [0.05, 0.1) is 6.26 Å². The molecule has 2 aromatic carbocycles. The van der Waals surface area contributed by atoms with Crippen molar-refractivity contribution in [3.8, 4) is 0 Å². The molecule has 0 aromatic heterocycles. The summed E-state index contributed by atoms with van der Waals surface area (Å²) in [4.78, 5) is 12.1. The van der Waals surface area contributed by atoms with Gasteiger partial charge < -0.3 is 5.32 Å². The van der Waals surface area contributed by atoms with E-state index in [-0.39, 0.29) is 5.91 Å². The number of carbonyl (C=O) groups is 1. The molecule has 0 unspecified atom stereocenters. The average molecular weight is 379 g/mol. The van der Waals surface area contributed by atoms with Gasteiger partial charge in [-0.05, 0) is 42.3 Å². The second kappa shape index (κ2) is 8.92. The minimum atomic E-state index is -3.31. The summed E-state index contributed by atoms with van der Waals surface area (Å²) in [6.07, 6.45) is 1.09. The lowest BCUT2D eigenvalue weighted by atomic mass is 10.1. The van der Waals surface area contributed by atoms with Crippen LogP contribution in [-0.2, 0) is 15.8 Å². The van der Waals surface area contributed by atoms with Crippen LogP contribution in [0.25, 0.3) is 0 Å². The number of carbonyl (C=O) groups excluding carboxylic acids is 1. The number of nitrogens with one attached hydrogen (secondary N) is 2. The molecule has 2 rings (SSSR count). The van der Waals surface area contributed by atoms with Gasteiger partial charge in [0.1, 0.15) is 0 Å². The molecule has 25 heavy (non-hydrogen) atoms. The number of benzene rings is 2. The predicted octanol–water partition coefficient (Wildman–Crippen LogP) is 3.03. The van der Waals surface area contributed by atoms with E-state index < -0.39 is 10.0 Å². The van der Waals surface area contributed by atoms with Crippen molar-refractivity contribution in [3.05, 3.63) is 65.2 Å². The molecule has 2 aromatic rings. The van der Waals surface area contributed by atoms with E-state index in [1.54, 1.807) is 36.0 Å². The second-order valence-corrected chi connectivity index (χ2v) is 8.54. The molecule has 0 aliphatic heterocycles. The molecule has 7 heteroatoms. The van der Waals surface area contributed by atoms with Crippen LogP contribution in [0.4, 0.5) is 5.69 Å². The summed E-state index contributed by atoms with van der Waals surface area (Å²) in [6.45, 7) is 2.68. The summed E-state index contributed by atoms with van der Waals surface area (Å²) in [5, 5.41) is 2.87. The van der Waals surface area contributed by atoms with Crippen molar-refractivity contribution >= 4 is 33.4 Å². The zero-order valence-corrected chi connectivity index (χ0v) is 15.9. The fraction of sp³-hybridized carbons (Fsp3) is 0.278. The Morgan fingerprint density at radius 1 is 1.08 bits per heavy atom. The Balaban J connectivity index is 1.74. The van der Waals surface area contributed by atoms with E-state index in [4.69, 9.17) is 0 Å². The van der Waals surface area contributed by atoms with Crippen molar-refractivity contribution < 1.29 is 13.2 Å². The van der Waals surface area contributed by atoms with Gasteiger partial charge in [0.25, 0.3) is 5.91 Å². The molecule has 0 fully saturated rings. The van der Waals surface area contributed by atoms with Crippen LogP contribution in [0.1, 0.15) is 21.5 Å². The fourth-order valence-corrected chi connectivity index (χ4v) is 3.70. The van der Waals surface area contributed by atoms with Crippen LogP contribution in [0.5, 0.6) is 0 Å². The van der Waals surface area contributed by atoms with Crippen LogP contribution < -0.4 is 10.0 Å². The van der Waals surface area contributed by atoms with Crippen molar-refractivity contribution in [2.24, 2.45) is 0 Å². The van der Waals surface area contributed by atoms with Crippen molar-refractivity contribution in [2.75, 3.05) is 23.3 Å². The molecule has 0 radical (unpaired) electrons. The van der Waals surface area contributed by atoms with Crippen LogP contribution in [-0.4, -0.2) is 32.9 Å². The highest BCUT2D eigenvalue weighted by Gasteiger charge is 2.06. The van der Waals surface area contributed by atoms with Gasteiger partial charge in [-0.1, -0.05) is 24.3 Å². The highest BCUT2D eigenvalue weighted by atomic mass is 32.2. The second-order valence-electron chi connectivity index (χ2n) is 5.69. The number of rotatable bonds is 8. The zero-order valence-electron chi connectivity index (χ0n) is 14.3. The van der Waals surface area contributed by atoms with Crippen molar-refractivity contribution in [1.82, 2.24) is 5.32 Å². The summed E-state index contributed by atoms with van der Waals surface area (Å²) < 4.78 is 24.7. The number of amides is 1. The van der Waals surface area contributed by atoms with Crippen LogP contribution >= 0.6 is 11.8 Å². The quantitative estimate of drug-likeness (QED) is 0.693. The molecule has 0 spiro atoms. The number of thioether (sulfide) groups is 1. The highest BCUT2D eigenvalue weighted by Crippen LogP contribution is 2.15.